The van der Waals surface area contributed by atoms with E-state index in [0.717, 1.165) is 15.6 Å². The number of nitriles is 1. The minimum Gasteiger partial charge on any atom is -0.356 e. The van der Waals surface area contributed by atoms with Crippen LogP contribution < -0.4 is 27.2 Å². The number of halogens is 3. The summed E-state index contributed by atoms with van der Waals surface area (Å²) >= 11 is 0. The number of nitrogens with two attached hydrogens (primary N) is 1. The van der Waals surface area contributed by atoms with Crippen molar-refractivity contribution in [2.75, 3.05) is 24.5 Å². The summed E-state index contributed by atoms with van der Waals surface area (Å²) in [5.41, 5.74) is 5.20. The Morgan fingerprint density at radius 1 is 1.21 bits per heavy atom. The van der Waals surface area contributed by atoms with E-state index in [1.165, 1.54) is 7.05 Å². The molecule has 0 bridgehead atoms. The highest BCUT2D eigenvalue weighted by Gasteiger charge is 2.34. The number of nitrogens with one attached hydrogen (secondary N) is 1. The Bertz CT molecular complexity index is 1550. The van der Waals surface area contributed by atoms with Gasteiger partial charge in [0, 0.05) is 32.7 Å². The van der Waals surface area contributed by atoms with E-state index < -0.39 is 29.9 Å². The van der Waals surface area contributed by atoms with Crippen LogP contribution >= 0.6 is 0 Å². The molecule has 3 N–H and O–H groups in total. The average Bonchev–Trinajstić information content (AvgIpc) is 3.24. The Hall–Kier alpha value is -4.05. The molecule has 1 fully saturated rings. The molecule has 38 heavy (non-hydrogen) atoms. The first-order valence-electron chi connectivity index (χ1n) is 12.2. The quantitative estimate of drug-likeness (QED) is 0.498. The maximum atomic E-state index is 13.8. The van der Waals surface area contributed by atoms with Crippen molar-refractivity contribution < 1.29 is 18.0 Å². The van der Waals surface area contributed by atoms with Crippen LogP contribution in [0, 0.1) is 11.3 Å². The highest BCUT2D eigenvalue weighted by Crippen LogP contribution is 2.33. The van der Waals surface area contributed by atoms with Crippen molar-refractivity contribution >= 4 is 22.8 Å². The van der Waals surface area contributed by atoms with E-state index >= 15 is 0 Å². The van der Waals surface area contributed by atoms with Crippen LogP contribution in [-0.4, -0.2) is 51.5 Å². The zero-order chi connectivity index (χ0) is 27.8. The number of aryl methyl sites for hydroxylation is 2. The van der Waals surface area contributed by atoms with E-state index in [2.05, 4.69) is 0 Å². The lowest BCUT2D eigenvalue weighted by molar-refractivity contribution is -0.123. The molecule has 3 aromatic rings. The molecule has 0 unspecified atom stereocenters. The number of fused-ring (bicyclic) bond motifs is 1. The maximum absolute atomic E-state index is 13.8. The minimum absolute atomic E-state index is 0.00958. The van der Waals surface area contributed by atoms with Gasteiger partial charge >= 0.3 is 11.9 Å². The number of rotatable bonds is 6. The fourth-order valence-corrected chi connectivity index (χ4v) is 5.02. The predicted molar refractivity (Wildman–Crippen MR) is 135 cm³/mol. The minimum atomic E-state index is -4.65. The summed E-state index contributed by atoms with van der Waals surface area (Å²) in [7, 11) is 1.36. The zero-order valence-electron chi connectivity index (χ0n) is 21.0. The van der Waals surface area contributed by atoms with Crippen molar-refractivity contribution in [3.63, 3.8) is 0 Å². The van der Waals surface area contributed by atoms with Crippen LogP contribution in [0.2, 0.25) is 0 Å². The van der Waals surface area contributed by atoms with E-state index in [-0.39, 0.29) is 41.5 Å². The third-order valence-electron chi connectivity index (χ3n) is 6.73. The number of carbonyl (C=O) groups is 1. The number of carbonyl (C=O) groups excluding carboxylic acids is 1. The lowest BCUT2D eigenvalue weighted by atomic mass is 10.1. The summed E-state index contributed by atoms with van der Waals surface area (Å²) < 4.78 is 42.6. The fourth-order valence-electron chi connectivity index (χ4n) is 5.02. The summed E-state index contributed by atoms with van der Waals surface area (Å²) in [5, 5.41) is 11.4. The van der Waals surface area contributed by atoms with Crippen LogP contribution in [0.5, 0.6) is 0 Å². The van der Waals surface area contributed by atoms with Gasteiger partial charge in [0.2, 0.25) is 0 Å². The number of anilines is 1. The molecule has 1 saturated heterocycles. The van der Waals surface area contributed by atoms with Crippen LogP contribution in [0.1, 0.15) is 41.3 Å². The van der Waals surface area contributed by atoms with Gasteiger partial charge in [0.1, 0.15) is 23.4 Å². The molecular formula is C25H28F3N7O3. The molecule has 4 rings (SSSR count). The van der Waals surface area contributed by atoms with Crippen LogP contribution in [0.4, 0.5) is 19.0 Å². The molecule has 0 saturated carbocycles. The number of aromatic nitrogens is 3. The number of alkyl halides is 3. The topological polar surface area (TPSA) is 131 Å². The molecule has 1 aromatic carbocycles. The van der Waals surface area contributed by atoms with Gasteiger partial charge in [-0.05, 0) is 31.4 Å². The summed E-state index contributed by atoms with van der Waals surface area (Å²) in [6.07, 6.45) is -3.23. The molecule has 1 atom stereocenters. The number of amides is 1. The summed E-state index contributed by atoms with van der Waals surface area (Å²) in [6, 6.07) is 8.34. The van der Waals surface area contributed by atoms with E-state index in [1.54, 1.807) is 40.7 Å². The van der Waals surface area contributed by atoms with Gasteiger partial charge in [0.15, 0.2) is 0 Å². The maximum Gasteiger partial charge on any atom is 0.405 e. The van der Waals surface area contributed by atoms with Gasteiger partial charge in [-0.3, -0.25) is 18.7 Å². The number of benzene rings is 1. The van der Waals surface area contributed by atoms with Gasteiger partial charge in [-0.1, -0.05) is 18.2 Å². The molecule has 1 amide bonds. The van der Waals surface area contributed by atoms with Crippen LogP contribution in [0.15, 0.2) is 33.9 Å². The van der Waals surface area contributed by atoms with Crippen molar-refractivity contribution in [2.24, 2.45) is 12.8 Å². The first-order valence-corrected chi connectivity index (χ1v) is 12.2. The molecule has 13 heteroatoms. The van der Waals surface area contributed by atoms with Gasteiger partial charge in [0.05, 0.1) is 23.7 Å². The Kier molecular flexibility index (Phi) is 7.37. The Morgan fingerprint density at radius 2 is 1.92 bits per heavy atom. The fraction of sp³-hybridized carbons (Fsp3) is 0.440. The molecule has 10 nitrogen and oxygen atoms in total. The molecule has 202 valence electrons. The molecule has 0 spiro atoms. The van der Waals surface area contributed by atoms with Gasteiger partial charge in [-0.2, -0.15) is 18.4 Å². The monoisotopic (exact) mass is 531 g/mol. The second kappa shape index (κ2) is 10.4. The molecule has 2 aromatic heterocycles. The second-order valence-electron chi connectivity index (χ2n) is 9.29. The predicted octanol–water partition coefficient (Wildman–Crippen LogP) is 1.66. The van der Waals surface area contributed by atoms with Crippen LogP contribution in [0.25, 0.3) is 11.0 Å². The Balaban J connectivity index is 2.01. The average molecular weight is 532 g/mol. The lowest BCUT2D eigenvalue weighted by Gasteiger charge is -2.33. The molecule has 0 radical (unpaired) electrons. The molecule has 3 heterocycles. The summed E-state index contributed by atoms with van der Waals surface area (Å²) in [4.78, 5) is 42.3. The SMILES string of the molecule is CCn1c(N2CCC[C@@H](N)C2)c(C(=O)NCC(F)(F)F)c2c1c(=O)n(Cc1ccccc1C#N)c(=O)n2C. The highest BCUT2D eigenvalue weighted by atomic mass is 19.4. The van der Waals surface area contributed by atoms with Gasteiger partial charge < -0.3 is 20.5 Å². The second-order valence-corrected chi connectivity index (χ2v) is 9.29. The van der Waals surface area contributed by atoms with Crippen molar-refractivity contribution in [1.82, 2.24) is 19.0 Å². The van der Waals surface area contributed by atoms with E-state index in [1.807, 2.05) is 11.4 Å². The first kappa shape index (κ1) is 27.0. The van der Waals surface area contributed by atoms with Crippen LogP contribution in [-0.2, 0) is 20.1 Å². The number of hydrogen-bond acceptors (Lipinski definition) is 6. The number of hydrogen-bond donors (Lipinski definition) is 2. The molecule has 0 aliphatic carbocycles. The van der Waals surface area contributed by atoms with E-state index in [9.17, 15) is 32.8 Å². The van der Waals surface area contributed by atoms with Crippen molar-refractivity contribution in [3.05, 3.63) is 61.8 Å². The highest BCUT2D eigenvalue weighted by molar-refractivity contribution is 6.11. The summed E-state index contributed by atoms with van der Waals surface area (Å²) in [6.45, 7) is 0.977. The van der Waals surface area contributed by atoms with Gasteiger partial charge in [-0.15, -0.1) is 0 Å². The van der Waals surface area contributed by atoms with Crippen LogP contribution in [0.3, 0.4) is 0 Å². The third kappa shape index (κ3) is 4.91. The van der Waals surface area contributed by atoms with E-state index in [4.69, 9.17) is 5.73 Å². The molecule has 1 aliphatic heterocycles. The Morgan fingerprint density at radius 3 is 2.55 bits per heavy atom. The largest absolute Gasteiger partial charge is 0.405 e. The van der Waals surface area contributed by atoms with Crippen molar-refractivity contribution in [2.45, 2.75) is 45.1 Å². The zero-order valence-corrected chi connectivity index (χ0v) is 21.0. The third-order valence-corrected chi connectivity index (χ3v) is 6.73. The number of piperidine rings is 1. The summed E-state index contributed by atoms with van der Waals surface area (Å²) in [5.74, 6) is -0.796. The standard InChI is InChI=1S/C25H28F3N7O3/c1-3-34-20-19(32(2)24(38)35(23(20)37)12-16-8-5-4-7-15(16)11-29)18(21(36)31-14-25(26,27)28)22(34)33-10-6-9-17(30)13-33/h4-5,7-8,17H,3,6,9-10,12-14,30H2,1-2H3,(H,31,36)/t17-/m1/s1. The van der Waals surface area contributed by atoms with Crippen molar-refractivity contribution in [1.29, 1.82) is 5.26 Å². The normalized spacial score (nSPS) is 16.0. The molecule has 1 aliphatic rings. The first-order chi connectivity index (χ1) is 18.0. The number of nitrogens with zero attached hydrogens (tertiary/aromatic N) is 5. The Labute approximate surface area is 215 Å². The van der Waals surface area contributed by atoms with Gasteiger partial charge in [0.25, 0.3) is 11.5 Å². The van der Waals surface area contributed by atoms with Gasteiger partial charge in [-0.25, -0.2) is 4.79 Å². The lowest BCUT2D eigenvalue weighted by Crippen LogP contribution is -2.44. The van der Waals surface area contributed by atoms with E-state index in [0.29, 0.717) is 30.6 Å². The van der Waals surface area contributed by atoms with Crippen molar-refractivity contribution in [3.8, 4) is 6.07 Å². The molecular weight excluding hydrogens is 503 g/mol. The smallest absolute Gasteiger partial charge is 0.356 e.